The fourth-order valence-corrected chi connectivity index (χ4v) is 4.30. The van der Waals surface area contributed by atoms with Crippen LogP contribution in [0.25, 0.3) is 0 Å². The molecule has 0 radical (unpaired) electrons. The van der Waals surface area contributed by atoms with Gasteiger partial charge in [0.25, 0.3) is 0 Å². The molecule has 2 heterocycles. The van der Waals surface area contributed by atoms with E-state index in [1.54, 1.807) is 12.3 Å². The van der Waals surface area contributed by atoms with E-state index < -0.39 is 0 Å². The number of furan rings is 1. The average Bonchev–Trinajstić information content (AvgIpc) is 3.34. The minimum absolute atomic E-state index is 0. The zero-order valence-corrected chi connectivity index (χ0v) is 22.2. The molecule has 2 aromatic carbocycles. The van der Waals surface area contributed by atoms with Gasteiger partial charge >= 0.3 is 0 Å². The number of hydrogen-bond donors (Lipinski definition) is 2. The van der Waals surface area contributed by atoms with Crippen LogP contribution < -0.4 is 10.2 Å². The molecule has 0 spiro atoms. The maximum atomic E-state index is 10.2. The number of phenolic OH excluding ortho intramolecular Hbond substituents is 1. The summed E-state index contributed by atoms with van der Waals surface area (Å²) < 4.78 is 5.48. The van der Waals surface area contributed by atoms with E-state index in [2.05, 4.69) is 56.3 Å². The molecule has 1 fully saturated rings. The fraction of sp³-hybridized carbons (Fsp3) is 0.346. The van der Waals surface area contributed by atoms with Gasteiger partial charge in [-0.3, -0.25) is 9.89 Å². The Morgan fingerprint density at radius 1 is 0.971 bits per heavy atom. The fourth-order valence-electron chi connectivity index (χ4n) is 4.30. The Morgan fingerprint density at radius 3 is 2.35 bits per heavy atom. The summed E-state index contributed by atoms with van der Waals surface area (Å²) in [6.45, 7) is 5.72. The van der Waals surface area contributed by atoms with Gasteiger partial charge in [-0.25, -0.2) is 0 Å². The second-order valence-corrected chi connectivity index (χ2v) is 8.38. The number of anilines is 1. The van der Waals surface area contributed by atoms with Gasteiger partial charge in [-0.05, 0) is 42.4 Å². The van der Waals surface area contributed by atoms with Gasteiger partial charge in [0.15, 0.2) is 5.96 Å². The van der Waals surface area contributed by atoms with Crippen molar-refractivity contribution in [3.63, 3.8) is 0 Å². The Hall–Kier alpha value is -2.72. The molecule has 2 N–H and O–H groups in total. The number of piperazine rings is 1. The quantitative estimate of drug-likeness (QED) is 0.251. The number of para-hydroxylation sites is 2. The summed E-state index contributed by atoms with van der Waals surface area (Å²) in [6.07, 6.45) is 1.72. The van der Waals surface area contributed by atoms with E-state index in [9.17, 15) is 5.11 Å². The van der Waals surface area contributed by atoms with E-state index in [0.717, 1.165) is 63.2 Å². The molecule has 182 valence electrons. The highest BCUT2D eigenvalue weighted by Gasteiger charge is 2.21. The highest BCUT2D eigenvalue weighted by atomic mass is 127. The van der Waals surface area contributed by atoms with Crippen molar-refractivity contribution in [2.75, 3.05) is 45.2 Å². The number of nitrogens with zero attached hydrogens (tertiary/aromatic N) is 4. The first-order valence-corrected chi connectivity index (χ1v) is 11.4. The van der Waals surface area contributed by atoms with Gasteiger partial charge in [-0.15, -0.1) is 24.0 Å². The molecule has 0 amide bonds. The summed E-state index contributed by atoms with van der Waals surface area (Å²) >= 11 is 0. The Kier molecular flexibility index (Phi) is 9.64. The molecule has 0 bridgehead atoms. The zero-order chi connectivity index (χ0) is 23.0. The number of guanidine groups is 1. The van der Waals surface area contributed by atoms with Crippen molar-refractivity contribution in [2.45, 2.75) is 19.6 Å². The smallest absolute Gasteiger partial charge is 0.194 e. The van der Waals surface area contributed by atoms with Crippen LogP contribution in [0.15, 0.2) is 76.3 Å². The van der Waals surface area contributed by atoms with Crippen LogP contribution in [-0.2, 0) is 19.6 Å². The maximum Gasteiger partial charge on any atom is 0.194 e. The topological polar surface area (TPSA) is 67.5 Å². The van der Waals surface area contributed by atoms with E-state index in [1.807, 2.05) is 37.4 Å². The van der Waals surface area contributed by atoms with E-state index in [-0.39, 0.29) is 24.0 Å². The molecule has 0 unspecified atom stereocenters. The van der Waals surface area contributed by atoms with Crippen LogP contribution in [0.4, 0.5) is 5.69 Å². The molecule has 34 heavy (non-hydrogen) atoms. The lowest BCUT2D eigenvalue weighted by Crippen LogP contribution is -2.52. The van der Waals surface area contributed by atoms with Crippen molar-refractivity contribution in [2.24, 2.45) is 4.99 Å². The van der Waals surface area contributed by atoms with Crippen molar-refractivity contribution in [3.05, 3.63) is 83.8 Å². The molecule has 1 aromatic heterocycles. The van der Waals surface area contributed by atoms with Gasteiger partial charge in [0.1, 0.15) is 11.5 Å². The van der Waals surface area contributed by atoms with Crippen molar-refractivity contribution < 1.29 is 9.52 Å². The van der Waals surface area contributed by atoms with Crippen LogP contribution >= 0.6 is 24.0 Å². The normalized spacial score (nSPS) is 14.3. The molecule has 1 aliphatic heterocycles. The summed E-state index contributed by atoms with van der Waals surface area (Å²) in [5.41, 5.74) is 3.45. The number of hydrogen-bond acceptors (Lipinski definition) is 5. The summed E-state index contributed by atoms with van der Waals surface area (Å²) in [5, 5.41) is 13.7. The SMILES string of the molecule is CN=C(NCc1ccccc1CN(C)Cc1ccco1)N1CCN(c2ccccc2O)CC1.I. The molecule has 4 rings (SSSR count). The van der Waals surface area contributed by atoms with Crippen LogP contribution in [0, 0.1) is 0 Å². The van der Waals surface area contributed by atoms with Crippen molar-refractivity contribution in [3.8, 4) is 5.75 Å². The summed E-state index contributed by atoms with van der Waals surface area (Å²) in [7, 11) is 3.94. The Bertz CT molecular complexity index is 1050. The lowest BCUT2D eigenvalue weighted by molar-refractivity contribution is 0.287. The van der Waals surface area contributed by atoms with Crippen LogP contribution in [0.2, 0.25) is 0 Å². The second kappa shape index (κ2) is 12.7. The van der Waals surface area contributed by atoms with Crippen LogP contribution in [0.3, 0.4) is 0 Å². The second-order valence-electron chi connectivity index (χ2n) is 8.38. The minimum atomic E-state index is 0. The van der Waals surface area contributed by atoms with Gasteiger partial charge in [0.05, 0.1) is 18.5 Å². The van der Waals surface area contributed by atoms with Gasteiger partial charge in [0, 0.05) is 46.3 Å². The monoisotopic (exact) mass is 575 g/mol. The molecular formula is C26H34IN5O2. The Labute approximate surface area is 219 Å². The molecule has 0 saturated carbocycles. The number of phenols is 1. The summed E-state index contributed by atoms with van der Waals surface area (Å²) in [5.74, 6) is 2.21. The highest BCUT2D eigenvalue weighted by molar-refractivity contribution is 14.0. The van der Waals surface area contributed by atoms with Crippen LogP contribution in [0.1, 0.15) is 16.9 Å². The van der Waals surface area contributed by atoms with Gasteiger partial charge < -0.3 is 24.6 Å². The zero-order valence-electron chi connectivity index (χ0n) is 19.9. The molecule has 7 nitrogen and oxygen atoms in total. The van der Waals surface area contributed by atoms with Crippen molar-refractivity contribution in [1.82, 2.24) is 15.1 Å². The number of benzene rings is 2. The minimum Gasteiger partial charge on any atom is -0.506 e. The molecule has 8 heteroatoms. The molecule has 0 aliphatic carbocycles. The first-order chi connectivity index (χ1) is 16.1. The lowest BCUT2D eigenvalue weighted by Gasteiger charge is -2.37. The Morgan fingerprint density at radius 2 is 1.68 bits per heavy atom. The number of aliphatic imine (C=N–C) groups is 1. The lowest BCUT2D eigenvalue weighted by atomic mass is 10.1. The van der Waals surface area contributed by atoms with Crippen molar-refractivity contribution in [1.29, 1.82) is 0 Å². The number of aromatic hydroxyl groups is 1. The average molecular weight is 575 g/mol. The van der Waals surface area contributed by atoms with E-state index >= 15 is 0 Å². The third kappa shape index (κ3) is 6.66. The third-order valence-corrected chi connectivity index (χ3v) is 6.01. The molecule has 0 atom stereocenters. The van der Waals surface area contributed by atoms with E-state index in [4.69, 9.17) is 4.42 Å². The molecular weight excluding hydrogens is 541 g/mol. The number of nitrogens with one attached hydrogen (secondary N) is 1. The predicted molar refractivity (Wildman–Crippen MR) is 148 cm³/mol. The first-order valence-electron chi connectivity index (χ1n) is 11.4. The summed E-state index contributed by atoms with van der Waals surface area (Å²) in [4.78, 5) is 11.3. The predicted octanol–water partition coefficient (Wildman–Crippen LogP) is 4.13. The van der Waals surface area contributed by atoms with Crippen LogP contribution in [-0.4, -0.2) is 61.1 Å². The molecule has 1 saturated heterocycles. The highest BCUT2D eigenvalue weighted by Crippen LogP contribution is 2.27. The number of halogens is 1. The number of rotatable bonds is 7. The Balaban J connectivity index is 0.00000324. The van der Waals surface area contributed by atoms with Crippen LogP contribution in [0.5, 0.6) is 5.75 Å². The molecule has 3 aromatic rings. The van der Waals surface area contributed by atoms with E-state index in [0.29, 0.717) is 5.75 Å². The van der Waals surface area contributed by atoms with Gasteiger partial charge in [-0.1, -0.05) is 36.4 Å². The standard InChI is InChI=1S/C26H33N5O2.HI/c1-27-26(31-15-13-30(14-16-31)24-11-5-6-12-25(24)32)28-18-21-8-3-4-9-22(21)19-29(2)20-23-10-7-17-33-23;/h3-12,17,32H,13-16,18-20H2,1-2H3,(H,27,28);1H. The third-order valence-electron chi connectivity index (χ3n) is 6.01. The van der Waals surface area contributed by atoms with E-state index in [1.165, 1.54) is 11.1 Å². The van der Waals surface area contributed by atoms with Crippen molar-refractivity contribution >= 4 is 35.6 Å². The maximum absolute atomic E-state index is 10.2. The molecule has 1 aliphatic rings. The van der Waals surface area contributed by atoms with Gasteiger partial charge in [-0.2, -0.15) is 0 Å². The largest absolute Gasteiger partial charge is 0.506 e. The summed E-state index contributed by atoms with van der Waals surface area (Å²) in [6, 6.07) is 20.0. The van der Waals surface area contributed by atoms with Gasteiger partial charge in [0.2, 0.25) is 0 Å². The first kappa shape index (κ1) is 25.9.